The molecule has 0 bridgehead atoms. The number of piperidine rings is 1. The molecule has 5 heteroatoms. The Labute approximate surface area is 182 Å². The summed E-state index contributed by atoms with van der Waals surface area (Å²) >= 11 is 6.34. The van der Waals surface area contributed by atoms with E-state index in [1.807, 2.05) is 36.5 Å². The minimum Gasteiger partial charge on any atom is -0.345 e. The molecule has 0 N–H and O–H groups in total. The Hall–Kier alpha value is -2.61. The second-order valence-electron chi connectivity index (χ2n) is 7.98. The number of nitrogens with zero attached hydrogens (tertiary/aromatic N) is 2. The second kappa shape index (κ2) is 9.04. The van der Waals surface area contributed by atoms with Crippen LogP contribution in [0.15, 0.2) is 42.6 Å². The molecule has 1 aliphatic rings. The SMILES string of the molecule is CC(=O)c1cn(CCCN2CCC(C(=O)c3ccccc3)CC2)c2c(Cl)c#ccc12. The van der Waals surface area contributed by atoms with Crippen molar-refractivity contribution >= 4 is 34.1 Å². The van der Waals surface area contributed by atoms with Crippen molar-refractivity contribution in [1.82, 2.24) is 9.47 Å². The molecule has 1 aliphatic heterocycles. The summed E-state index contributed by atoms with van der Waals surface area (Å²) < 4.78 is 2.06. The van der Waals surface area contributed by atoms with Crippen LogP contribution in [0.1, 0.15) is 46.9 Å². The highest BCUT2D eigenvalue weighted by molar-refractivity contribution is 6.35. The number of hydrogen-bond acceptors (Lipinski definition) is 3. The third kappa shape index (κ3) is 4.28. The van der Waals surface area contributed by atoms with Crippen LogP contribution in [0.2, 0.25) is 5.02 Å². The van der Waals surface area contributed by atoms with Crippen LogP contribution in [0, 0.1) is 18.1 Å². The van der Waals surface area contributed by atoms with Crippen LogP contribution in [0.3, 0.4) is 0 Å². The summed E-state index contributed by atoms with van der Waals surface area (Å²) in [6, 6.07) is 17.2. The zero-order valence-corrected chi connectivity index (χ0v) is 17.9. The lowest BCUT2D eigenvalue weighted by Crippen LogP contribution is -2.37. The quantitative estimate of drug-likeness (QED) is 0.500. The van der Waals surface area contributed by atoms with Crippen molar-refractivity contribution in [1.29, 1.82) is 0 Å². The minimum atomic E-state index is 0.0274. The highest BCUT2D eigenvalue weighted by atomic mass is 35.5. The van der Waals surface area contributed by atoms with Gasteiger partial charge in [-0.2, -0.15) is 0 Å². The van der Waals surface area contributed by atoms with Gasteiger partial charge in [0.25, 0.3) is 0 Å². The Bertz CT molecular complexity index is 1050. The maximum absolute atomic E-state index is 12.7. The number of hydrogen-bond donors (Lipinski definition) is 0. The smallest absolute Gasteiger partial charge is 0.166 e. The summed E-state index contributed by atoms with van der Waals surface area (Å²) in [5.74, 6) is 0.425. The van der Waals surface area contributed by atoms with Crippen LogP contribution < -0.4 is 0 Å². The molecular formula is C25H25ClN2O2. The van der Waals surface area contributed by atoms with Crippen LogP contribution in [-0.2, 0) is 6.54 Å². The molecule has 0 unspecified atom stereocenters. The zero-order chi connectivity index (χ0) is 21.1. The topological polar surface area (TPSA) is 42.3 Å². The third-order valence-electron chi connectivity index (χ3n) is 5.99. The molecule has 1 saturated heterocycles. The maximum atomic E-state index is 12.7. The van der Waals surface area contributed by atoms with Crippen molar-refractivity contribution in [2.75, 3.05) is 19.6 Å². The molecule has 0 atom stereocenters. The number of likely N-dealkylation sites (tertiary alicyclic amines) is 1. The van der Waals surface area contributed by atoms with Gasteiger partial charge in [-0.15, -0.1) is 0 Å². The number of aryl methyl sites for hydroxylation is 1. The van der Waals surface area contributed by atoms with Gasteiger partial charge in [-0.05, 0) is 58.0 Å². The highest BCUT2D eigenvalue weighted by Crippen LogP contribution is 2.27. The number of benzene rings is 1. The lowest BCUT2D eigenvalue weighted by Gasteiger charge is -2.31. The fraction of sp³-hybridized carbons (Fsp3) is 0.360. The number of carbonyl (C=O) groups is 2. The molecule has 30 heavy (non-hydrogen) atoms. The average Bonchev–Trinajstić information content (AvgIpc) is 3.15. The van der Waals surface area contributed by atoms with E-state index >= 15 is 0 Å². The fourth-order valence-electron chi connectivity index (χ4n) is 4.37. The summed E-state index contributed by atoms with van der Waals surface area (Å²) in [6.07, 6.45) is 4.66. The van der Waals surface area contributed by atoms with E-state index < -0.39 is 0 Å². The Kier molecular flexibility index (Phi) is 6.22. The zero-order valence-electron chi connectivity index (χ0n) is 17.2. The lowest BCUT2D eigenvalue weighted by molar-refractivity contribution is 0.0838. The van der Waals surface area contributed by atoms with Gasteiger partial charge in [-0.3, -0.25) is 9.59 Å². The summed E-state index contributed by atoms with van der Waals surface area (Å²) in [6.45, 7) is 5.20. The van der Waals surface area contributed by atoms with Gasteiger partial charge in [0.1, 0.15) is 5.02 Å². The van der Waals surface area contributed by atoms with Gasteiger partial charge in [0.15, 0.2) is 11.6 Å². The molecule has 1 fully saturated rings. The highest BCUT2D eigenvalue weighted by Gasteiger charge is 2.25. The van der Waals surface area contributed by atoms with E-state index in [1.54, 1.807) is 13.0 Å². The van der Waals surface area contributed by atoms with Gasteiger partial charge in [0, 0.05) is 35.2 Å². The molecule has 0 aliphatic carbocycles. The average molecular weight is 421 g/mol. The molecular weight excluding hydrogens is 396 g/mol. The van der Waals surface area contributed by atoms with Crippen molar-refractivity contribution in [3.05, 3.63) is 70.9 Å². The van der Waals surface area contributed by atoms with Gasteiger partial charge in [0.05, 0.1) is 5.52 Å². The predicted molar refractivity (Wildman–Crippen MR) is 119 cm³/mol. The molecule has 2 aromatic carbocycles. The van der Waals surface area contributed by atoms with E-state index in [1.165, 1.54) is 0 Å². The summed E-state index contributed by atoms with van der Waals surface area (Å²) in [4.78, 5) is 27.1. The summed E-state index contributed by atoms with van der Waals surface area (Å²) in [7, 11) is 0. The Morgan fingerprint density at radius 1 is 1.13 bits per heavy atom. The van der Waals surface area contributed by atoms with Gasteiger partial charge in [0.2, 0.25) is 0 Å². The van der Waals surface area contributed by atoms with E-state index in [0.717, 1.165) is 61.9 Å². The number of aromatic nitrogens is 1. The fourth-order valence-corrected chi connectivity index (χ4v) is 4.64. The first-order valence-corrected chi connectivity index (χ1v) is 10.9. The molecule has 0 radical (unpaired) electrons. The normalized spacial score (nSPS) is 15.3. The monoisotopic (exact) mass is 420 g/mol. The van der Waals surface area contributed by atoms with Gasteiger partial charge < -0.3 is 9.47 Å². The Morgan fingerprint density at radius 2 is 1.87 bits per heavy atom. The summed E-state index contributed by atoms with van der Waals surface area (Å²) in [5.41, 5.74) is 2.35. The molecule has 2 heterocycles. The van der Waals surface area contributed by atoms with Crippen LogP contribution >= 0.6 is 11.6 Å². The van der Waals surface area contributed by atoms with Crippen molar-refractivity contribution < 1.29 is 9.59 Å². The van der Waals surface area contributed by atoms with E-state index in [0.29, 0.717) is 10.6 Å². The lowest BCUT2D eigenvalue weighted by atomic mass is 9.89. The Balaban J connectivity index is 1.33. The first-order valence-electron chi connectivity index (χ1n) is 10.5. The number of carbonyl (C=O) groups excluding carboxylic acids is 2. The Morgan fingerprint density at radius 3 is 2.57 bits per heavy atom. The number of fused-ring (bicyclic) bond motifs is 1. The molecule has 154 valence electrons. The van der Waals surface area contributed by atoms with E-state index in [-0.39, 0.29) is 17.5 Å². The van der Waals surface area contributed by atoms with Crippen LogP contribution in [-0.4, -0.2) is 40.7 Å². The molecule has 1 aromatic heterocycles. The number of halogens is 1. The van der Waals surface area contributed by atoms with Crippen molar-refractivity contribution in [3.63, 3.8) is 0 Å². The second-order valence-corrected chi connectivity index (χ2v) is 8.36. The van der Waals surface area contributed by atoms with Gasteiger partial charge in [-0.25, -0.2) is 0 Å². The third-order valence-corrected chi connectivity index (χ3v) is 6.27. The molecule has 0 amide bonds. The van der Waals surface area contributed by atoms with Crippen LogP contribution in [0.4, 0.5) is 0 Å². The molecule has 4 rings (SSSR count). The first kappa shape index (κ1) is 20.7. The van der Waals surface area contributed by atoms with Crippen LogP contribution in [0.5, 0.6) is 0 Å². The van der Waals surface area contributed by atoms with Crippen molar-refractivity contribution in [3.8, 4) is 0 Å². The molecule has 4 nitrogen and oxygen atoms in total. The van der Waals surface area contributed by atoms with E-state index in [9.17, 15) is 9.59 Å². The number of Topliss-reactive ketones (excluding diaryl/α,β-unsaturated/α-hetero) is 2. The predicted octanol–water partition coefficient (Wildman–Crippen LogP) is 5.08. The van der Waals surface area contributed by atoms with Crippen LogP contribution in [0.25, 0.3) is 10.9 Å². The van der Waals surface area contributed by atoms with Crippen molar-refractivity contribution in [2.45, 2.75) is 32.7 Å². The maximum Gasteiger partial charge on any atom is 0.166 e. The number of rotatable bonds is 7. The minimum absolute atomic E-state index is 0.0274. The van der Waals surface area contributed by atoms with E-state index in [4.69, 9.17) is 11.6 Å². The van der Waals surface area contributed by atoms with E-state index in [2.05, 4.69) is 21.6 Å². The standard InChI is InChI=1S/C25H25ClN2O2/c1-18(29)22-17-28(24-21(22)9-5-10-23(24)26)14-6-13-27-15-11-20(12-16-27)25(30)19-7-3-2-4-8-19/h2-4,7-9,17,20H,6,11-16H2,1H3. The summed E-state index contributed by atoms with van der Waals surface area (Å²) in [5, 5.41) is 1.34. The molecule has 0 saturated carbocycles. The first-order chi connectivity index (χ1) is 14.5. The molecule has 0 spiro atoms. The molecule has 3 aromatic rings. The van der Waals surface area contributed by atoms with Crippen molar-refractivity contribution in [2.24, 2.45) is 5.92 Å². The number of ketones is 2. The van der Waals surface area contributed by atoms with Gasteiger partial charge in [-0.1, -0.05) is 48.0 Å². The largest absolute Gasteiger partial charge is 0.345 e. The van der Waals surface area contributed by atoms with Gasteiger partial charge >= 0.3 is 0 Å².